The molecule has 1 aromatic carbocycles. The second-order valence-corrected chi connectivity index (χ2v) is 5.03. The van der Waals surface area contributed by atoms with Gasteiger partial charge in [-0.2, -0.15) is 0 Å². The number of hydrogen-bond acceptors (Lipinski definition) is 0. The highest BCUT2D eigenvalue weighted by Crippen LogP contribution is 2.22. The van der Waals surface area contributed by atoms with Gasteiger partial charge in [0.1, 0.15) is 0 Å². The Morgan fingerprint density at radius 2 is 1.82 bits per heavy atom. The van der Waals surface area contributed by atoms with Crippen molar-refractivity contribution >= 4 is 45.2 Å². The lowest BCUT2D eigenvalue weighted by Gasteiger charge is -2.06. The quantitative estimate of drug-likeness (QED) is 0.658. The van der Waals surface area contributed by atoms with Gasteiger partial charge in [-0.15, -0.1) is 0 Å². The summed E-state index contributed by atoms with van der Waals surface area (Å²) in [5, 5.41) is 0. The molecule has 0 fully saturated rings. The first kappa shape index (κ1) is 9.77. The van der Waals surface area contributed by atoms with Gasteiger partial charge >= 0.3 is 0 Å². The fourth-order valence-electron chi connectivity index (χ4n) is 0.895. The van der Waals surface area contributed by atoms with Gasteiger partial charge in [0.2, 0.25) is 0 Å². The van der Waals surface area contributed by atoms with Crippen LogP contribution in [0.3, 0.4) is 0 Å². The maximum atomic E-state index is 2.38. The molecular formula is C9H9I2. The van der Waals surface area contributed by atoms with E-state index in [0.29, 0.717) is 0 Å². The van der Waals surface area contributed by atoms with Crippen molar-refractivity contribution in [1.29, 1.82) is 0 Å². The third kappa shape index (κ3) is 2.57. The van der Waals surface area contributed by atoms with Crippen molar-refractivity contribution in [2.45, 2.75) is 13.8 Å². The van der Waals surface area contributed by atoms with Gasteiger partial charge in [-0.05, 0) is 68.8 Å². The standard InChI is InChI=1S/C9H9I2/c1-6(2)8-4-3-7(10)5-9(8)11/h3-5H,1-2H3. The van der Waals surface area contributed by atoms with Crippen molar-refractivity contribution in [3.63, 3.8) is 0 Å². The molecule has 2 heteroatoms. The molecule has 1 rings (SSSR count). The summed E-state index contributed by atoms with van der Waals surface area (Å²) in [5.74, 6) is 1.38. The highest BCUT2D eigenvalue weighted by atomic mass is 127. The zero-order valence-corrected chi connectivity index (χ0v) is 10.8. The third-order valence-electron chi connectivity index (χ3n) is 1.47. The second kappa shape index (κ2) is 4.07. The summed E-state index contributed by atoms with van der Waals surface area (Å²) in [6.45, 7) is 4.29. The van der Waals surface area contributed by atoms with Crippen molar-refractivity contribution in [2.75, 3.05) is 0 Å². The lowest BCUT2D eigenvalue weighted by Crippen LogP contribution is -1.92. The van der Waals surface area contributed by atoms with Crippen molar-refractivity contribution < 1.29 is 0 Å². The maximum Gasteiger partial charge on any atom is 0.0178 e. The molecule has 0 bridgehead atoms. The van der Waals surface area contributed by atoms with Gasteiger partial charge in [0.15, 0.2) is 0 Å². The highest BCUT2D eigenvalue weighted by Gasteiger charge is 2.03. The molecule has 0 aliphatic rings. The predicted molar refractivity (Wildman–Crippen MR) is 65.6 cm³/mol. The van der Waals surface area contributed by atoms with Crippen LogP contribution in [0.15, 0.2) is 18.2 Å². The molecular weight excluding hydrogens is 362 g/mol. The van der Waals surface area contributed by atoms with Gasteiger partial charge in [0.25, 0.3) is 0 Å². The summed E-state index contributed by atoms with van der Waals surface area (Å²) in [6, 6.07) is 6.52. The molecule has 0 nitrogen and oxygen atoms in total. The fourth-order valence-corrected chi connectivity index (χ4v) is 3.04. The molecule has 59 valence electrons. The largest absolute Gasteiger partial charge is 0.0564 e. The molecule has 0 saturated heterocycles. The Morgan fingerprint density at radius 1 is 1.18 bits per heavy atom. The molecule has 0 aliphatic carbocycles. The monoisotopic (exact) mass is 371 g/mol. The van der Waals surface area contributed by atoms with Crippen LogP contribution in [-0.2, 0) is 0 Å². The first-order chi connectivity index (χ1) is 5.11. The highest BCUT2D eigenvalue weighted by molar-refractivity contribution is 14.1. The van der Waals surface area contributed by atoms with Crippen LogP contribution in [0.1, 0.15) is 19.4 Å². The van der Waals surface area contributed by atoms with Crippen LogP contribution in [-0.4, -0.2) is 0 Å². The van der Waals surface area contributed by atoms with Crippen LogP contribution in [0.5, 0.6) is 0 Å². The van der Waals surface area contributed by atoms with E-state index in [1.165, 1.54) is 18.6 Å². The van der Waals surface area contributed by atoms with Gasteiger partial charge in [-0.3, -0.25) is 0 Å². The minimum absolute atomic E-state index is 1.30. The number of rotatable bonds is 1. The molecule has 0 atom stereocenters. The Kier molecular flexibility index (Phi) is 3.61. The summed E-state index contributed by atoms with van der Waals surface area (Å²) >= 11 is 4.71. The Bertz CT molecular complexity index is 254. The fraction of sp³-hybridized carbons (Fsp3) is 0.222. The summed E-state index contributed by atoms with van der Waals surface area (Å²) in [6.07, 6.45) is 0. The van der Waals surface area contributed by atoms with E-state index in [9.17, 15) is 0 Å². The van der Waals surface area contributed by atoms with E-state index in [2.05, 4.69) is 77.2 Å². The van der Waals surface area contributed by atoms with Crippen LogP contribution in [0, 0.1) is 13.1 Å². The van der Waals surface area contributed by atoms with Crippen LogP contribution >= 0.6 is 45.2 Å². The summed E-state index contributed by atoms with van der Waals surface area (Å²) in [4.78, 5) is 0. The van der Waals surface area contributed by atoms with E-state index in [4.69, 9.17) is 0 Å². The van der Waals surface area contributed by atoms with E-state index in [1.807, 2.05) is 0 Å². The first-order valence-corrected chi connectivity index (χ1v) is 5.52. The molecule has 0 unspecified atom stereocenters. The Morgan fingerprint density at radius 3 is 2.27 bits per heavy atom. The van der Waals surface area contributed by atoms with Gasteiger partial charge in [-0.1, -0.05) is 19.9 Å². The second-order valence-electron chi connectivity index (χ2n) is 2.62. The van der Waals surface area contributed by atoms with E-state index < -0.39 is 0 Å². The smallest absolute Gasteiger partial charge is 0.0178 e. The number of hydrogen-bond donors (Lipinski definition) is 0. The summed E-state index contributed by atoms with van der Waals surface area (Å²) < 4.78 is 2.64. The summed E-state index contributed by atoms with van der Waals surface area (Å²) in [5.41, 5.74) is 1.37. The molecule has 0 saturated carbocycles. The van der Waals surface area contributed by atoms with Gasteiger partial charge in [-0.25, -0.2) is 0 Å². The van der Waals surface area contributed by atoms with Crippen LogP contribution in [0.4, 0.5) is 0 Å². The SMILES string of the molecule is C[C](C)c1ccc(I)cc1I. The number of halogens is 2. The van der Waals surface area contributed by atoms with E-state index >= 15 is 0 Å². The Hall–Kier alpha value is 0.680. The summed E-state index contributed by atoms with van der Waals surface area (Å²) in [7, 11) is 0. The Labute approximate surface area is 95.0 Å². The van der Waals surface area contributed by atoms with Crippen LogP contribution < -0.4 is 0 Å². The molecule has 0 N–H and O–H groups in total. The lowest BCUT2D eigenvalue weighted by molar-refractivity contribution is 1.13. The molecule has 0 amide bonds. The van der Waals surface area contributed by atoms with E-state index in [1.54, 1.807) is 0 Å². The normalized spacial score (nSPS) is 10.6. The van der Waals surface area contributed by atoms with E-state index in [0.717, 1.165) is 0 Å². The molecule has 0 heterocycles. The zero-order chi connectivity index (χ0) is 8.43. The first-order valence-electron chi connectivity index (χ1n) is 3.37. The zero-order valence-electron chi connectivity index (χ0n) is 6.49. The topological polar surface area (TPSA) is 0 Å². The average molecular weight is 371 g/mol. The lowest BCUT2D eigenvalue weighted by atomic mass is 10.0. The maximum absolute atomic E-state index is 2.38. The van der Waals surface area contributed by atoms with Crippen molar-refractivity contribution in [3.05, 3.63) is 36.8 Å². The molecule has 0 aliphatic heterocycles. The molecule has 1 aromatic rings. The van der Waals surface area contributed by atoms with Crippen molar-refractivity contribution in [3.8, 4) is 0 Å². The van der Waals surface area contributed by atoms with Gasteiger partial charge in [0.05, 0.1) is 0 Å². The minimum atomic E-state index is 1.30. The predicted octanol–water partition coefficient (Wildman–Crippen LogP) is 3.86. The third-order valence-corrected chi connectivity index (χ3v) is 3.03. The molecule has 11 heavy (non-hydrogen) atoms. The molecule has 0 spiro atoms. The molecule has 1 radical (unpaired) electrons. The number of benzene rings is 1. The van der Waals surface area contributed by atoms with Crippen LogP contribution in [0.2, 0.25) is 0 Å². The Balaban J connectivity index is 3.09. The molecule has 0 aromatic heterocycles. The average Bonchev–Trinajstić information content (AvgIpc) is 1.85. The van der Waals surface area contributed by atoms with Crippen molar-refractivity contribution in [2.24, 2.45) is 0 Å². The van der Waals surface area contributed by atoms with Crippen molar-refractivity contribution in [1.82, 2.24) is 0 Å². The van der Waals surface area contributed by atoms with Gasteiger partial charge in [0, 0.05) is 7.14 Å². The van der Waals surface area contributed by atoms with E-state index in [-0.39, 0.29) is 0 Å². The van der Waals surface area contributed by atoms with Gasteiger partial charge < -0.3 is 0 Å². The minimum Gasteiger partial charge on any atom is -0.0564 e. The van der Waals surface area contributed by atoms with Crippen LogP contribution in [0.25, 0.3) is 0 Å².